The average molecular weight is 375 g/mol. The summed E-state index contributed by atoms with van der Waals surface area (Å²) in [4.78, 5) is 15.1. The van der Waals surface area contributed by atoms with E-state index in [4.69, 9.17) is 4.42 Å². The Balaban J connectivity index is 1.29. The standard InChI is InChI=1S/C23H25N3O2/c1-16-11-21(16)22-10-9-20(28-22)15-26(19-7-8-19)23(27)18-12-24-25(14-18)13-17-5-3-2-4-6-17/h2-6,9-10,12,14,16,19,21H,7-8,11,13,15H2,1H3/t16-,21+/m0/s1. The van der Waals surface area contributed by atoms with Crippen LogP contribution in [0, 0.1) is 5.92 Å². The minimum Gasteiger partial charge on any atom is -0.464 e. The first-order valence-electron chi connectivity index (χ1n) is 10.1. The Bertz CT molecular complexity index is 971. The molecule has 5 rings (SSSR count). The van der Waals surface area contributed by atoms with Crippen molar-refractivity contribution in [3.63, 3.8) is 0 Å². The van der Waals surface area contributed by atoms with Crippen LogP contribution in [0.15, 0.2) is 59.3 Å². The molecule has 2 heterocycles. The summed E-state index contributed by atoms with van der Waals surface area (Å²) in [5, 5.41) is 4.39. The largest absolute Gasteiger partial charge is 0.464 e. The maximum Gasteiger partial charge on any atom is 0.257 e. The highest BCUT2D eigenvalue weighted by molar-refractivity contribution is 5.94. The zero-order chi connectivity index (χ0) is 19.1. The molecule has 0 radical (unpaired) electrons. The molecule has 0 aliphatic heterocycles. The van der Waals surface area contributed by atoms with Gasteiger partial charge in [-0.25, -0.2) is 0 Å². The van der Waals surface area contributed by atoms with Gasteiger partial charge in [0.2, 0.25) is 0 Å². The van der Waals surface area contributed by atoms with Crippen LogP contribution in [0.5, 0.6) is 0 Å². The Morgan fingerprint density at radius 2 is 2.00 bits per heavy atom. The average Bonchev–Trinajstić information content (AvgIpc) is 3.58. The first kappa shape index (κ1) is 17.3. The summed E-state index contributed by atoms with van der Waals surface area (Å²) in [6.45, 7) is 3.45. The zero-order valence-corrected chi connectivity index (χ0v) is 16.1. The molecule has 2 aromatic heterocycles. The SMILES string of the molecule is C[C@H]1C[C@H]1c1ccc(CN(C(=O)c2cnn(Cc3ccccc3)c2)C2CC2)o1. The fraction of sp³-hybridized carbons (Fsp3) is 0.391. The number of hydrogen-bond donors (Lipinski definition) is 0. The fourth-order valence-corrected chi connectivity index (χ4v) is 3.81. The van der Waals surface area contributed by atoms with Crippen molar-refractivity contribution in [2.75, 3.05) is 0 Å². The lowest BCUT2D eigenvalue weighted by molar-refractivity contribution is 0.0716. The van der Waals surface area contributed by atoms with E-state index in [9.17, 15) is 4.79 Å². The van der Waals surface area contributed by atoms with Crippen LogP contribution in [0.3, 0.4) is 0 Å². The first-order chi connectivity index (χ1) is 13.7. The van der Waals surface area contributed by atoms with Gasteiger partial charge in [-0.1, -0.05) is 37.3 Å². The van der Waals surface area contributed by atoms with Crippen molar-refractivity contribution in [2.45, 2.75) is 51.2 Å². The quantitative estimate of drug-likeness (QED) is 0.613. The lowest BCUT2D eigenvalue weighted by Crippen LogP contribution is -2.32. The Labute approximate surface area is 165 Å². The van der Waals surface area contributed by atoms with Gasteiger partial charge in [0.15, 0.2) is 0 Å². The molecular formula is C23H25N3O2. The fourth-order valence-electron chi connectivity index (χ4n) is 3.81. The molecule has 2 fully saturated rings. The second-order valence-electron chi connectivity index (χ2n) is 8.20. The van der Waals surface area contributed by atoms with E-state index >= 15 is 0 Å². The molecule has 0 bridgehead atoms. The Morgan fingerprint density at radius 3 is 2.71 bits per heavy atom. The van der Waals surface area contributed by atoms with Crippen LogP contribution in [0.4, 0.5) is 0 Å². The molecular weight excluding hydrogens is 350 g/mol. The van der Waals surface area contributed by atoms with Gasteiger partial charge in [-0.2, -0.15) is 5.10 Å². The molecule has 0 unspecified atom stereocenters. The minimum atomic E-state index is 0.0413. The molecule has 5 nitrogen and oxygen atoms in total. The molecule has 1 amide bonds. The van der Waals surface area contributed by atoms with E-state index in [-0.39, 0.29) is 5.91 Å². The molecule has 0 saturated heterocycles. The topological polar surface area (TPSA) is 51.3 Å². The number of aromatic nitrogens is 2. The number of benzene rings is 1. The predicted molar refractivity (Wildman–Crippen MR) is 106 cm³/mol. The second kappa shape index (κ2) is 6.97. The second-order valence-corrected chi connectivity index (χ2v) is 8.20. The molecule has 3 aromatic rings. The molecule has 2 saturated carbocycles. The number of nitrogens with zero attached hydrogens (tertiary/aromatic N) is 3. The van der Waals surface area contributed by atoms with E-state index in [2.05, 4.69) is 30.2 Å². The van der Waals surface area contributed by atoms with E-state index in [0.717, 1.165) is 30.3 Å². The van der Waals surface area contributed by atoms with Gasteiger partial charge in [-0.3, -0.25) is 9.48 Å². The summed E-state index contributed by atoms with van der Waals surface area (Å²) < 4.78 is 7.87. The molecule has 2 aliphatic rings. The third-order valence-electron chi connectivity index (χ3n) is 5.80. The van der Waals surface area contributed by atoms with Crippen LogP contribution in [0.2, 0.25) is 0 Å². The Kier molecular flexibility index (Phi) is 4.30. The van der Waals surface area contributed by atoms with E-state index in [0.29, 0.717) is 30.6 Å². The maximum absolute atomic E-state index is 13.1. The van der Waals surface area contributed by atoms with Crippen molar-refractivity contribution in [3.8, 4) is 0 Å². The highest BCUT2D eigenvalue weighted by Crippen LogP contribution is 2.47. The first-order valence-corrected chi connectivity index (χ1v) is 10.1. The van der Waals surface area contributed by atoms with Gasteiger partial charge in [0, 0.05) is 18.2 Å². The number of carbonyl (C=O) groups excluding carboxylic acids is 1. The smallest absolute Gasteiger partial charge is 0.257 e. The Hall–Kier alpha value is -2.82. The van der Waals surface area contributed by atoms with Gasteiger partial charge >= 0.3 is 0 Å². The van der Waals surface area contributed by atoms with Crippen molar-refractivity contribution < 1.29 is 9.21 Å². The summed E-state index contributed by atoms with van der Waals surface area (Å²) in [7, 11) is 0. The van der Waals surface area contributed by atoms with Crippen molar-refractivity contribution in [3.05, 3.63) is 77.5 Å². The van der Waals surface area contributed by atoms with Gasteiger partial charge in [0.1, 0.15) is 11.5 Å². The van der Waals surface area contributed by atoms with E-state index in [1.807, 2.05) is 40.0 Å². The normalized spacial score (nSPS) is 20.9. The van der Waals surface area contributed by atoms with Crippen molar-refractivity contribution >= 4 is 5.91 Å². The summed E-state index contributed by atoms with van der Waals surface area (Å²) in [6.07, 6.45) is 6.87. The summed E-state index contributed by atoms with van der Waals surface area (Å²) in [5.74, 6) is 3.28. The molecule has 144 valence electrons. The van der Waals surface area contributed by atoms with Crippen LogP contribution in [0.25, 0.3) is 0 Å². The van der Waals surface area contributed by atoms with Crippen LogP contribution < -0.4 is 0 Å². The monoisotopic (exact) mass is 375 g/mol. The maximum atomic E-state index is 13.1. The third-order valence-corrected chi connectivity index (χ3v) is 5.80. The van der Waals surface area contributed by atoms with E-state index < -0.39 is 0 Å². The molecule has 0 N–H and O–H groups in total. The highest BCUT2D eigenvalue weighted by Gasteiger charge is 2.38. The van der Waals surface area contributed by atoms with E-state index in [1.54, 1.807) is 6.20 Å². The number of hydrogen-bond acceptors (Lipinski definition) is 3. The Morgan fingerprint density at radius 1 is 1.21 bits per heavy atom. The number of rotatable bonds is 7. The van der Waals surface area contributed by atoms with Crippen LogP contribution in [0.1, 0.15) is 59.5 Å². The van der Waals surface area contributed by atoms with Crippen molar-refractivity contribution in [1.82, 2.24) is 14.7 Å². The van der Waals surface area contributed by atoms with Crippen molar-refractivity contribution in [1.29, 1.82) is 0 Å². The van der Waals surface area contributed by atoms with E-state index in [1.165, 1.54) is 12.0 Å². The van der Waals surface area contributed by atoms with Gasteiger partial charge < -0.3 is 9.32 Å². The molecule has 0 spiro atoms. The molecule has 5 heteroatoms. The molecule has 2 atom stereocenters. The van der Waals surface area contributed by atoms with Gasteiger partial charge in [-0.15, -0.1) is 0 Å². The minimum absolute atomic E-state index is 0.0413. The van der Waals surface area contributed by atoms with Crippen LogP contribution in [-0.4, -0.2) is 26.6 Å². The molecule has 2 aliphatic carbocycles. The predicted octanol–water partition coefficient (Wildman–Crippen LogP) is 4.45. The third kappa shape index (κ3) is 3.61. The van der Waals surface area contributed by atoms with Crippen LogP contribution in [-0.2, 0) is 13.1 Å². The van der Waals surface area contributed by atoms with Crippen molar-refractivity contribution in [2.24, 2.45) is 5.92 Å². The number of furan rings is 1. The highest BCUT2D eigenvalue weighted by atomic mass is 16.3. The number of amides is 1. The lowest BCUT2D eigenvalue weighted by atomic mass is 10.2. The number of carbonyl (C=O) groups is 1. The summed E-state index contributed by atoms with van der Waals surface area (Å²) in [6, 6.07) is 14.6. The van der Waals surface area contributed by atoms with Gasteiger partial charge in [0.25, 0.3) is 5.91 Å². The lowest BCUT2D eigenvalue weighted by Gasteiger charge is -2.20. The summed E-state index contributed by atoms with van der Waals surface area (Å²) >= 11 is 0. The van der Waals surface area contributed by atoms with Gasteiger partial charge in [0.05, 0.1) is 24.8 Å². The molecule has 1 aromatic carbocycles. The van der Waals surface area contributed by atoms with Crippen LogP contribution >= 0.6 is 0 Å². The molecule has 28 heavy (non-hydrogen) atoms. The van der Waals surface area contributed by atoms with Gasteiger partial charge in [-0.05, 0) is 42.9 Å². The summed E-state index contributed by atoms with van der Waals surface area (Å²) in [5.41, 5.74) is 1.81. The zero-order valence-electron chi connectivity index (χ0n) is 16.1.